The molecule has 0 aliphatic rings. The molecular weight excluding hydrogens is 267 g/mol. The molecule has 0 fully saturated rings. The molecule has 2 nitrogen and oxygen atoms in total. The molecule has 0 bridgehead atoms. The van der Waals surface area contributed by atoms with E-state index in [-0.39, 0.29) is 5.82 Å². The number of carbonyl (C=O) groups is 1. The summed E-state index contributed by atoms with van der Waals surface area (Å²) in [6.07, 6.45) is 0.715. The van der Waals surface area contributed by atoms with Crippen molar-refractivity contribution >= 4 is 17.9 Å². The fourth-order valence-corrected chi connectivity index (χ4v) is 2.13. The molecule has 98 valence electrons. The molecule has 0 saturated heterocycles. The molecule has 0 unspecified atom stereocenters. The quantitative estimate of drug-likeness (QED) is 0.784. The first-order chi connectivity index (χ1) is 9.06. The monoisotopic (exact) mass is 278 g/mol. The second-order valence-electron chi connectivity index (χ2n) is 4.16. The zero-order chi connectivity index (χ0) is 14.0. The highest BCUT2D eigenvalue weighted by atomic mass is 35.5. The molecule has 2 rings (SSSR count). The summed E-state index contributed by atoms with van der Waals surface area (Å²) in [5.74, 6) is 0.145. The molecule has 2 aromatic carbocycles. The molecule has 0 aliphatic heterocycles. The lowest BCUT2D eigenvalue weighted by Gasteiger charge is -2.10. The van der Waals surface area contributed by atoms with Crippen LogP contribution in [0.5, 0.6) is 5.75 Å². The van der Waals surface area contributed by atoms with Crippen LogP contribution in [0.2, 0.25) is 5.02 Å². The van der Waals surface area contributed by atoms with E-state index in [0.717, 1.165) is 5.56 Å². The number of carbonyl (C=O) groups excluding carboxylic acids is 1. The van der Waals surface area contributed by atoms with Gasteiger partial charge in [-0.05, 0) is 42.3 Å². The molecule has 2 aromatic rings. The second-order valence-corrected chi connectivity index (χ2v) is 4.56. The van der Waals surface area contributed by atoms with Gasteiger partial charge >= 0.3 is 0 Å². The summed E-state index contributed by atoms with van der Waals surface area (Å²) in [4.78, 5) is 11.0. The Hall–Kier alpha value is -1.87. The van der Waals surface area contributed by atoms with Crippen LogP contribution >= 0.6 is 11.6 Å². The maximum atomic E-state index is 13.4. The van der Waals surface area contributed by atoms with Gasteiger partial charge in [0.25, 0.3) is 0 Å². The van der Waals surface area contributed by atoms with E-state index in [1.54, 1.807) is 31.2 Å². The van der Waals surface area contributed by atoms with Gasteiger partial charge in [0, 0.05) is 5.56 Å². The molecule has 4 heteroatoms. The van der Waals surface area contributed by atoms with Gasteiger partial charge in [-0.25, -0.2) is 4.39 Å². The van der Waals surface area contributed by atoms with Gasteiger partial charge in [-0.3, -0.25) is 4.79 Å². The van der Waals surface area contributed by atoms with E-state index in [0.29, 0.717) is 33.7 Å². The van der Waals surface area contributed by atoms with Gasteiger partial charge in [0.15, 0.2) is 6.29 Å². The minimum absolute atomic E-state index is 0.310. The molecule has 0 radical (unpaired) electrons. The summed E-state index contributed by atoms with van der Waals surface area (Å²) < 4.78 is 18.5. The molecule has 0 atom stereocenters. The number of hydrogen-bond acceptors (Lipinski definition) is 2. The SMILES string of the molecule is COc1ccc(-c2cc(C)c(F)cc2Cl)cc1C=O. The topological polar surface area (TPSA) is 26.3 Å². The Labute approximate surface area is 115 Å². The molecule has 0 amide bonds. The van der Waals surface area contributed by atoms with Crippen LogP contribution in [0.4, 0.5) is 4.39 Å². The third-order valence-corrected chi connectivity index (χ3v) is 3.23. The van der Waals surface area contributed by atoms with Crippen molar-refractivity contribution in [2.75, 3.05) is 7.11 Å². The summed E-state index contributed by atoms with van der Waals surface area (Å²) in [5, 5.41) is 0.310. The first-order valence-corrected chi connectivity index (χ1v) is 6.04. The van der Waals surface area contributed by atoms with Crippen molar-refractivity contribution in [3.8, 4) is 16.9 Å². The van der Waals surface area contributed by atoms with Crippen LogP contribution in [0, 0.1) is 12.7 Å². The van der Waals surface area contributed by atoms with E-state index in [1.807, 2.05) is 0 Å². The van der Waals surface area contributed by atoms with Gasteiger partial charge in [0.1, 0.15) is 11.6 Å². The number of aryl methyl sites for hydroxylation is 1. The second kappa shape index (κ2) is 5.41. The number of methoxy groups -OCH3 is 1. The number of halogens is 2. The van der Waals surface area contributed by atoms with E-state index in [4.69, 9.17) is 16.3 Å². The first-order valence-electron chi connectivity index (χ1n) is 5.66. The molecule has 0 N–H and O–H groups in total. The zero-order valence-electron chi connectivity index (χ0n) is 10.5. The molecule has 0 saturated carbocycles. The highest BCUT2D eigenvalue weighted by Gasteiger charge is 2.10. The molecule has 0 spiro atoms. The van der Waals surface area contributed by atoms with Crippen molar-refractivity contribution in [2.24, 2.45) is 0 Å². The van der Waals surface area contributed by atoms with Crippen LogP contribution in [0.25, 0.3) is 11.1 Å². The van der Waals surface area contributed by atoms with Gasteiger partial charge in [-0.15, -0.1) is 0 Å². The lowest BCUT2D eigenvalue weighted by atomic mass is 10.0. The Morgan fingerprint density at radius 2 is 2.00 bits per heavy atom. The fourth-order valence-electron chi connectivity index (χ4n) is 1.87. The number of aldehydes is 1. The van der Waals surface area contributed by atoms with Crippen molar-refractivity contribution in [2.45, 2.75) is 6.92 Å². The lowest BCUT2D eigenvalue weighted by molar-refractivity contribution is 0.112. The van der Waals surface area contributed by atoms with Gasteiger partial charge in [0.2, 0.25) is 0 Å². The standard InChI is InChI=1S/C15H12ClFO2/c1-9-5-12(13(16)7-14(9)17)10-3-4-15(19-2)11(6-10)8-18/h3-8H,1-2H3. The van der Waals surface area contributed by atoms with Crippen molar-refractivity contribution in [3.05, 3.63) is 52.3 Å². The minimum Gasteiger partial charge on any atom is -0.496 e. The predicted molar refractivity (Wildman–Crippen MR) is 73.5 cm³/mol. The first kappa shape index (κ1) is 13.6. The van der Waals surface area contributed by atoms with Crippen LogP contribution in [0.3, 0.4) is 0 Å². The van der Waals surface area contributed by atoms with Crippen molar-refractivity contribution in [1.82, 2.24) is 0 Å². The van der Waals surface area contributed by atoms with Crippen LogP contribution in [-0.4, -0.2) is 13.4 Å². The summed E-state index contributed by atoms with van der Waals surface area (Å²) >= 11 is 6.05. The van der Waals surface area contributed by atoms with Crippen molar-refractivity contribution < 1.29 is 13.9 Å². The van der Waals surface area contributed by atoms with E-state index >= 15 is 0 Å². The Morgan fingerprint density at radius 1 is 1.26 bits per heavy atom. The van der Waals surface area contributed by atoms with E-state index in [1.165, 1.54) is 13.2 Å². The van der Waals surface area contributed by atoms with Crippen molar-refractivity contribution in [1.29, 1.82) is 0 Å². The molecule has 0 aliphatic carbocycles. The number of ether oxygens (including phenoxy) is 1. The Bertz CT molecular complexity index is 638. The molecule has 0 aromatic heterocycles. The van der Waals surface area contributed by atoms with E-state index < -0.39 is 0 Å². The third kappa shape index (κ3) is 2.61. The highest BCUT2D eigenvalue weighted by Crippen LogP contribution is 2.32. The zero-order valence-corrected chi connectivity index (χ0v) is 11.3. The molecular formula is C15H12ClFO2. The highest BCUT2D eigenvalue weighted by molar-refractivity contribution is 6.33. The van der Waals surface area contributed by atoms with Gasteiger partial charge in [0.05, 0.1) is 17.7 Å². The smallest absolute Gasteiger partial charge is 0.153 e. The summed E-state index contributed by atoms with van der Waals surface area (Å²) in [7, 11) is 1.50. The average molecular weight is 279 g/mol. The third-order valence-electron chi connectivity index (χ3n) is 2.92. The maximum Gasteiger partial charge on any atom is 0.153 e. The predicted octanol–water partition coefficient (Wildman–Crippen LogP) is 4.28. The van der Waals surface area contributed by atoms with Crippen molar-refractivity contribution in [3.63, 3.8) is 0 Å². The number of rotatable bonds is 3. The van der Waals surface area contributed by atoms with Gasteiger partial charge in [-0.2, -0.15) is 0 Å². The van der Waals surface area contributed by atoms with Gasteiger partial charge in [-0.1, -0.05) is 17.7 Å². The molecule has 0 heterocycles. The maximum absolute atomic E-state index is 13.4. The fraction of sp³-hybridized carbons (Fsp3) is 0.133. The summed E-state index contributed by atoms with van der Waals surface area (Å²) in [5.41, 5.74) is 2.36. The van der Waals surface area contributed by atoms with Crippen LogP contribution in [-0.2, 0) is 0 Å². The minimum atomic E-state index is -0.349. The number of benzene rings is 2. The Morgan fingerprint density at radius 3 is 2.63 bits per heavy atom. The Balaban J connectivity index is 2.59. The lowest BCUT2D eigenvalue weighted by Crippen LogP contribution is -1.92. The van der Waals surface area contributed by atoms with Crippen LogP contribution in [0.15, 0.2) is 30.3 Å². The molecule has 19 heavy (non-hydrogen) atoms. The average Bonchev–Trinajstić information content (AvgIpc) is 2.42. The van der Waals surface area contributed by atoms with Crippen LogP contribution < -0.4 is 4.74 Å². The van der Waals surface area contributed by atoms with Crippen LogP contribution in [0.1, 0.15) is 15.9 Å². The summed E-state index contributed by atoms with van der Waals surface area (Å²) in [6.45, 7) is 1.67. The Kier molecular flexibility index (Phi) is 3.86. The van der Waals surface area contributed by atoms with E-state index in [2.05, 4.69) is 0 Å². The van der Waals surface area contributed by atoms with Gasteiger partial charge < -0.3 is 4.74 Å². The normalized spacial score (nSPS) is 10.3. The number of hydrogen-bond donors (Lipinski definition) is 0. The largest absolute Gasteiger partial charge is 0.496 e. The summed E-state index contributed by atoms with van der Waals surface area (Å²) in [6, 6.07) is 8.08. The van der Waals surface area contributed by atoms with E-state index in [9.17, 15) is 9.18 Å².